The lowest BCUT2D eigenvalue weighted by atomic mass is 9.96. The van der Waals surface area contributed by atoms with E-state index in [1.54, 1.807) is 7.11 Å². The number of nitrogens with two attached hydrogens (primary N) is 1. The summed E-state index contributed by atoms with van der Waals surface area (Å²) in [5.74, 6) is 7.12. The van der Waals surface area contributed by atoms with Crippen LogP contribution in [0.2, 0.25) is 0 Å². The van der Waals surface area contributed by atoms with Gasteiger partial charge in [0.15, 0.2) is 5.82 Å². The van der Waals surface area contributed by atoms with Gasteiger partial charge in [0, 0.05) is 23.9 Å². The fourth-order valence-electron chi connectivity index (χ4n) is 2.76. The number of hydrazine groups is 1. The van der Waals surface area contributed by atoms with Gasteiger partial charge in [0.05, 0.1) is 6.61 Å². The van der Waals surface area contributed by atoms with Gasteiger partial charge in [0.1, 0.15) is 5.82 Å². The van der Waals surface area contributed by atoms with Crippen molar-refractivity contribution in [3.05, 3.63) is 41.1 Å². The average molecular weight is 284 g/mol. The summed E-state index contributed by atoms with van der Waals surface area (Å²) < 4.78 is 5.13. The number of methoxy groups -OCH3 is 1. The van der Waals surface area contributed by atoms with Crippen molar-refractivity contribution >= 4 is 5.82 Å². The van der Waals surface area contributed by atoms with E-state index in [1.807, 2.05) is 24.3 Å². The van der Waals surface area contributed by atoms with E-state index in [4.69, 9.17) is 15.6 Å². The molecular formula is C16H20N4O. The number of fused-ring (bicyclic) bond motifs is 1. The molecule has 1 aliphatic rings. The molecule has 110 valence electrons. The number of nitrogen functional groups attached to an aromatic ring is 1. The fourth-order valence-corrected chi connectivity index (χ4v) is 2.76. The van der Waals surface area contributed by atoms with Crippen molar-refractivity contribution in [2.45, 2.75) is 32.3 Å². The Labute approximate surface area is 124 Å². The largest absolute Gasteiger partial charge is 0.380 e. The number of benzene rings is 1. The molecule has 0 saturated heterocycles. The van der Waals surface area contributed by atoms with E-state index in [2.05, 4.69) is 10.4 Å². The molecule has 21 heavy (non-hydrogen) atoms. The molecule has 0 fully saturated rings. The Morgan fingerprint density at radius 2 is 1.90 bits per heavy atom. The van der Waals surface area contributed by atoms with Crippen molar-refractivity contribution in [2.24, 2.45) is 5.84 Å². The quantitative estimate of drug-likeness (QED) is 0.666. The highest BCUT2D eigenvalue weighted by Gasteiger charge is 2.17. The number of nitrogens with zero attached hydrogens (tertiary/aromatic N) is 2. The summed E-state index contributed by atoms with van der Waals surface area (Å²) >= 11 is 0. The van der Waals surface area contributed by atoms with E-state index in [0.717, 1.165) is 41.3 Å². The van der Waals surface area contributed by atoms with Gasteiger partial charge < -0.3 is 10.2 Å². The van der Waals surface area contributed by atoms with Crippen LogP contribution in [-0.4, -0.2) is 17.1 Å². The smallest absolute Gasteiger partial charge is 0.161 e. The van der Waals surface area contributed by atoms with Gasteiger partial charge in [-0.3, -0.25) is 0 Å². The maximum atomic E-state index is 5.63. The van der Waals surface area contributed by atoms with Crippen LogP contribution in [0.1, 0.15) is 29.7 Å². The number of nitrogens with one attached hydrogen (secondary N) is 1. The Morgan fingerprint density at radius 1 is 1.14 bits per heavy atom. The zero-order chi connectivity index (χ0) is 14.7. The minimum Gasteiger partial charge on any atom is -0.380 e. The van der Waals surface area contributed by atoms with Crippen LogP contribution >= 0.6 is 0 Å². The van der Waals surface area contributed by atoms with Gasteiger partial charge in [0.25, 0.3) is 0 Å². The Hall–Kier alpha value is -1.98. The summed E-state index contributed by atoms with van der Waals surface area (Å²) in [4.78, 5) is 9.30. The predicted molar refractivity (Wildman–Crippen MR) is 82.6 cm³/mol. The monoisotopic (exact) mass is 284 g/mol. The lowest BCUT2D eigenvalue weighted by Gasteiger charge is -2.18. The second-order valence-electron chi connectivity index (χ2n) is 5.30. The second-order valence-corrected chi connectivity index (χ2v) is 5.30. The van der Waals surface area contributed by atoms with Crippen LogP contribution in [0.15, 0.2) is 24.3 Å². The van der Waals surface area contributed by atoms with Crippen molar-refractivity contribution in [3.8, 4) is 11.4 Å². The predicted octanol–water partition coefficient (Wildman–Crippen LogP) is 2.45. The summed E-state index contributed by atoms with van der Waals surface area (Å²) in [6.45, 7) is 0.612. The van der Waals surface area contributed by atoms with Gasteiger partial charge in [-0.1, -0.05) is 24.3 Å². The lowest BCUT2D eigenvalue weighted by molar-refractivity contribution is 0.185. The van der Waals surface area contributed by atoms with Gasteiger partial charge in [0.2, 0.25) is 0 Å². The molecular weight excluding hydrogens is 264 g/mol. The number of hydrogen-bond acceptors (Lipinski definition) is 5. The number of anilines is 1. The van der Waals surface area contributed by atoms with E-state index in [0.29, 0.717) is 6.61 Å². The van der Waals surface area contributed by atoms with Crippen LogP contribution in [0.5, 0.6) is 0 Å². The van der Waals surface area contributed by atoms with Crippen LogP contribution in [0.4, 0.5) is 5.82 Å². The molecule has 2 aromatic rings. The highest BCUT2D eigenvalue weighted by molar-refractivity contribution is 5.60. The first-order valence-corrected chi connectivity index (χ1v) is 7.26. The van der Waals surface area contributed by atoms with Crippen molar-refractivity contribution in [1.29, 1.82) is 0 Å². The first-order chi connectivity index (χ1) is 10.3. The first-order valence-electron chi connectivity index (χ1n) is 7.26. The van der Waals surface area contributed by atoms with Gasteiger partial charge in [-0.05, 0) is 31.2 Å². The Bertz CT molecular complexity index is 608. The van der Waals surface area contributed by atoms with Crippen molar-refractivity contribution in [3.63, 3.8) is 0 Å². The van der Waals surface area contributed by atoms with E-state index in [1.165, 1.54) is 18.4 Å². The third kappa shape index (κ3) is 2.89. The van der Waals surface area contributed by atoms with Crippen molar-refractivity contribution in [2.75, 3.05) is 12.5 Å². The number of hydrogen-bond donors (Lipinski definition) is 2. The Kier molecular flexibility index (Phi) is 4.13. The third-order valence-electron chi connectivity index (χ3n) is 3.84. The molecule has 5 nitrogen and oxygen atoms in total. The van der Waals surface area contributed by atoms with Crippen molar-refractivity contribution in [1.82, 2.24) is 9.97 Å². The number of rotatable bonds is 4. The fraction of sp³-hybridized carbons (Fsp3) is 0.375. The maximum Gasteiger partial charge on any atom is 0.161 e. The highest BCUT2D eigenvalue weighted by atomic mass is 16.5. The van der Waals surface area contributed by atoms with E-state index >= 15 is 0 Å². The normalized spacial score (nSPS) is 13.8. The Balaban J connectivity index is 1.98. The topological polar surface area (TPSA) is 73.1 Å². The molecule has 3 rings (SSSR count). The molecule has 0 radical (unpaired) electrons. The number of ether oxygens (including phenoxy) is 1. The minimum absolute atomic E-state index is 0.612. The molecule has 0 amide bonds. The van der Waals surface area contributed by atoms with Gasteiger partial charge in [-0.15, -0.1) is 0 Å². The summed E-state index contributed by atoms with van der Waals surface area (Å²) in [6.07, 6.45) is 4.36. The average Bonchev–Trinajstić information content (AvgIpc) is 2.55. The van der Waals surface area contributed by atoms with Crippen LogP contribution in [0.3, 0.4) is 0 Å². The van der Waals surface area contributed by atoms with Crippen LogP contribution in [0, 0.1) is 0 Å². The molecule has 0 spiro atoms. The van der Waals surface area contributed by atoms with Crippen molar-refractivity contribution < 1.29 is 4.74 Å². The molecule has 0 unspecified atom stereocenters. The maximum absolute atomic E-state index is 5.63. The molecule has 5 heteroatoms. The third-order valence-corrected chi connectivity index (χ3v) is 3.84. The van der Waals surface area contributed by atoms with E-state index in [-0.39, 0.29) is 0 Å². The summed E-state index contributed by atoms with van der Waals surface area (Å²) in [7, 11) is 1.69. The highest BCUT2D eigenvalue weighted by Crippen LogP contribution is 2.28. The molecule has 0 aliphatic heterocycles. The zero-order valence-electron chi connectivity index (χ0n) is 12.2. The second kappa shape index (κ2) is 6.20. The van der Waals surface area contributed by atoms with Gasteiger partial charge >= 0.3 is 0 Å². The van der Waals surface area contributed by atoms with Gasteiger partial charge in [-0.25, -0.2) is 15.8 Å². The summed E-state index contributed by atoms with van der Waals surface area (Å²) in [6, 6.07) is 8.13. The Morgan fingerprint density at radius 3 is 2.62 bits per heavy atom. The van der Waals surface area contributed by atoms with Gasteiger partial charge in [-0.2, -0.15) is 0 Å². The molecule has 1 heterocycles. The molecule has 1 aliphatic carbocycles. The summed E-state index contributed by atoms with van der Waals surface area (Å²) in [5, 5.41) is 0. The molecule has 1 aromatic carbocycles. The number of aromatic nitrogens is 2. The van der Waals surface area contributed by atoms with E-state index < -0.39 is 0 Å². The van der Waals surface area contributed by atoms with Crippen LogP contribution in [0.25, 0.3) is 11.4 Å². The van der Waals surface area contributed by atoms with E-state index in [9.17, 15) is 0 Å². The number of aryl methyl sites for hydroxylation is 1. The molecule has 0 saturated carbocycles. The summed E-state index contributed by atoms with van der Waals surface area (Å²) in [5.41, 5.74) is 7.16. The van der Waals surface area contributed by atoms with Crippen LogP contribution < -0.4 is 11.3 Å². The molecule has 1 aromatic heterocycles. The molecule has 3 N–H and O–H groups in total. The first kappa shape index (κ1) is 14.0. The molecule has 0 atom stereocenters. The molecule has 0 bridgehead atoms. The zero-order valence-corrected chi connectivity index (χ0v) is 12.2. The van der Waals surface area contributed by atoms with Crippen LogP contribution in [-0.2, 0) is 24.2 Å². The minimum atomic E-state index is 0.612. The lowest BCUT2D eigenvalue weighted by Crippen LogP contribution is -2.17. The SMILES string of the molecule is COCc1ccc(-c2nc3c(c(NN)n2)CCCC3)cc1. The standard InChI is InChI=1S/C16H20N4O/c1-21-10-11-6-8-12(9-7-11)15-18-14-5-3-2-4-13(14)16(19-15)20-17/h6-9H,2-5,10,17H2,1H3,(H,18,19,20).